The summed E-state index contributed by atoms with van der Waals surface area (Å²) < 4.78 is 24.3. The molecule has 9 nitrogen and oxygen atoms in total. The number of halogens is 1. The van der Waals surface area contributed by atoms with E-state index in [0.29, 0.717) is 36.2 Å². The molecule has 10 heteroatoms. The van der Waals surface area contributed by atoms with Gasteiger partial charge in [0.25, 0.3) is 5.56 Å². The average Bonchev–Trinajstić information content (AvgIpc) is 3.46. The summed E-state index contributed by atoms with van der Waals surface area (Å²) in [6.45, 7) is 7.98. The zero-order valence-electron chi connectivity index (χ0n) is 22.3. The van der Waals surface area contributed by atoms with Crippen molar-refractivity contribution < 1.29 is 13.9 Å². The molecule has 1 aliphatic heterocycles. The molecule has 1 amide bonds. The second-order valence-corrected chi connectivity index (χ2v) is 11.7. The van der Waals surface area contributed by atoms with E-state index >= 15 is 4.39 Å². The molecule has 1 saturated heterocycles. The number of likely N-dealkylation sites (tertiary alicyclic amines) is 1. The number of rotatable bonds is 2. The largest absolute Gasteiger partial charge is 0.444 e. The molecule has 1 spiro atoms. The molecular formula is C28H31FN6O3. The molecule has 2 aliphatic rings. The van der Waals surface area contributed by atoms with E-state index in [4.69, 9.17) is 4.74 Å². The Labute approximate surface area is 219 Å². The molecule has 1 saturated carbocycles. The first kappa shape index (κ1) is 24.5. The van der Waals surface area contributed by atoms with Gasteiger partial charge in [-0.1, -0.05) is 0 Å². The number of piperidine rings is 1. The van der Waals surface area contributed by atoms with Crippen LogP contribution < -0.4 is 5.56 Å². The van der Waals surface area contributed by atoms with Crippen molar-refractivity contribution in [2.24, 2.45) is 7.05 Å². The first-order valence-corrected chi connectivity index (χ1v) is 13.0. The summed E-state index contributed by atoms with van der Waals surface area (Å²) in [5.74, 6) is -0.623. The Hall–Kier alpha value is -3.82. The number of carbonyl (C=O) groups excluding carboxylic acids is 1. The zero-order chi connectivity index (χ0) is 27.0. The Morgan fingerprint density at radius 2 is 1.95 bits per heavy atom. The summed E-state index contributed by atoms with van der Waals surface area (Å²) in [7, 11) is 1.83. The Morgan fingerprint density at radius 3 is 2.66 bits per heavy atom. The lowest BCUT2D eigenvalue weighted by Crippen LogP contribution is -2.50. The number of ether oxygens (including phenoxy) is 1. The fourth-order valence-corrected chi connectivity index (χ4v) is 5.67. The van der Waals surface area contributed by atoms with Crippen LogP contribution in [-0.2, 0) is 11.8 Å². The molecule has 0 bridgehead atoms. The van der Waals surface area contributed by atoms with Crippen molar-refractivity contribution in [1.29, 1.82) is 0 Å². The number of nitrogens with zero attached hydrogens (tertiary/aromatic N) is 6. The van der Waals surface area contributed by atoms with E-state index in [-0.39, 0.29) is 23.1 Å². The number of pyridine rings is 1. The van der Waals surface area contributed by atoms with Gasteiger partial charge in [-0.15, -0.1) is 0 Å². The van der Waals surface area contributed by atoms with Gasteiger partial charge >= 0.3 is 6.09 Å². The Balaban J connectivity index is 1.32. The lowest BCUT2D eigenvalue weighted by molar-refractivity contribution is 0.000453. The number of benzene rings is 1. The smallest absolute Gasteiger partial charge is 0.410 e. The van der Waals surface area contributed by atoms with Crippen molar-refractivity contribution in [3.8, 4) is 11.3 Å². The van der Waals surface area contributed by atoms with E-state index in [1.54, 1.807) is 15.3 Å². The van der Waals surface area contributed by atoms with Gasteiger partial charge in [0.05, 0.1) is 23.7 Å². The summed E-state index contributed by atoms with van der Waals surface area (Å²) in [4.78, 5) is 37.3. The molecule has 2 fully saturated rings. The highest BCUT2D eigenvalue weighted by molar-refractivity contribution is 5.86. The Morgan fingerprint density at radius 1 is 1.18 bits per heavy atom. The maximum atomic E-state index is 15.5. The first-order chi connectivity index (χ1) is 17.9. The highest BCUT2D eigenvalue weighted by Gasteiger charge is 2.54. The minimum atomic E-state index is -0.623. The second kappa shape index (κ2) is 8.34. The van der Waals surface area contributed by atoms with Crippen LogP contribution in [0.4, 0.5) is 9.18 Å². The highest BCUT2D eigenvalue weighted by Crippen LogP contribution is 2.51. The van der Waals surface area contributed by atoms with Crippen LogP contribution in [0.1, 0.15) is 58.1 Å². The van der Waals surface area contributed by atoms with Gasteiger partial charge in [0, 0.05) is 30.7 Å². The maximum Gasteiger partial charge on any atom is 0.410 e. The van der Waals surface area contributed by atoms with Gasteiger partial charge in [-0.3, -0.25) is 14.0 Å². The number of aromatic nitrogens is 5. The molecule has 38 heavy (non-hydrogen) atoms. The van der Waals surface area contributed by atoms with Crippen LogP contribution >= 0.6 is 0 Å². The fourth-order valence-electron chi connectivity index (χ4n) is 5.67. The Kier molecular flexibility index (Phi) is 5.38. The minimum Gasteiger partial charge on any atom is -0.444 e. The number of carbonyl (C=O) groups is 1. The number of aryl methyl sites for hydroxylation is 2. The molecule has 1 aromatic carbocycles. The molecule has 4 aromatic rings. The average molecular weight is 519 g/mol. The molecule has 1 atom stereocenters. The van der Waals surface area contributed by atoms with Crippen molar-refractivity contribution in [3.05, 3.63) is 52.5 Å². The predicted molar refractivity (Wildman–Crippen MR) is 141 cm³/mol. The van der Waals surface area contributed by atoms with E-state index in [2.05, 4.69) is 15.1 Å². The topological polar surface area (TPSA) is 95.1 Å². The van der Waals surface area contributed by atoms with Crippen LogP contribution in [0.25, 0.3) is 33.2 Å². The minimum absolute atomic E-state index is 0.0325. The lowest BCUT2D eigenvalue weighted by Gasteiger charge is -2.41. The lowest BCUT2D eigenvalue weighted by atomic mass is 9.95. The van der Waals surface area contributed by atoms with E-state index < -0.39 is 17.0 Å². The van der Waals surface area contributed by atoms with Gasteiger partial charge < -0.3 is 9.64 Å². The highest BCUT2D eigenvalue weighted by atomic mass is 19.1. The van der Waals surface area contributed by atoms with Gasteiger partial charge in [-0.25, -0.2) is 19.2 Å². The fraction of sp³-hybridized carbons (Fsp3) is 0.464. The normalized spacial score (nSPS) is 18.9. The van der Waals surface area contributed by atoms with Gasteiger partial charge in [-0.2, -0.15) is 5.10 Å². The van der Waals surface area contributed by atoms with Crippen molar-refractivity contribution in [3.63, 3.8) is 0 Å². The van der Waals surface area contributed by atoms with E-state index in [9.17, 15) is 9.59 Å². The van der Waals surface area contributed by atoms with E-state index in [1.807, 2.05) is 51.9 Å². The summed E-state index contributed by atoms with van der Waals surface area (Å²) in [5, 5.41) is 4.39. The molecule has 6 rings (SSSR count). The van der Waals surface area contributed by atoms with Crippen LogP contribution in [0.2, 0.25) is 0 Å². The van der Waals surface area contributed by atoms with E-state index in [1.165, 1.54) is 12.4 Å². The van der Waals surface area contributed by atoms with Crippen LogP contribution in [0.3, 0.4) is 0 Å². The maximum absolute atomic E-state index is 15.5. The van der Waals surface area contributed by atoms with Crippen molar-refractivity contribution in [1.82, 2.24) is 29.2 Å². The first-order valence-electron chi connectivity index (χ1n) is 13.0. The third kappa shape index (κ3) is 4.12. The van der Waals surface area contributed by atoms with Crippen LogP contribution in [0, 0.1) is 12.7 Å². The van der Waals surface area contributed by atoms with Gasteiger partial charge in [0.15, 0.2) is 0 Å². The SMILES string of the molecule is Cc1cc(-c2cc(F)c3c(=O)n(C4CCN(C(=O)OC(C)(C)C)C5(CC5)C4)cnc3c2)nc2cn(C)nc12. The summed E-state index contributed by atoms with van der Waals surface area (Å²) in [6.07, 6.45) is 5.94. The molecule has 0 N–H and O–H groups in total. The standard InChI is InChI=1S/C28H31FN6O3/c1-16-10-20(31-22-14-33(5)32-24(16)22)17-11-19(29)23-21(12-17)30-15-34(25(23)36)18-6-9-35(28(13-18)7-8-28)26(37)38-27(2,3)4/h10-12,14-15,18H,6-9,13H2,1-5H3. The van der Waals surface area contributed by atoms with Gasteiger partial charge in [0.1, 0.15) is 27.8 Å². The third-order valence-corrected chi connectivity index (χ3v) is 7.62. The summed E-state index contributed by atoms with van der Waals surface area (Å²) in [5.41, 5.74) is 2.60. The van der Waals surface area contributed by atoms with Crippen molar-refractivity contribution in [2.45, 2.75) is 70.6 Å². The molecule has 1 aliphatic carbocycles. The monoisotopic (exact) mass is 518 g/mol. The summed E-state index contributed by atoms with van der Waals surface area (Å²) in [6, 6.07) is 4.76. The van der Waals surface area contributed by atoms with Crippen molar-refractivity contribution >= 4 is 28.0 Å². The van der Waals surface area contributed by atoms with Gasteiger partial charge in [0.2, 0.25) is 0 Å². The molecule has 1 unspecified atom stereocenters. The molecule has 3 aromatic heterocycles. The predicted octanol–water partition coefficient (Wildman–Crippen LogP) is 4.90. The van der Waals surface area contributed by atoms with E-state index in [0.717, 1.165) is 29.4 Å². The molecular weight excluding hydrogens is 487 g/mol. The third-order valence-electron chi connectivity index (χ3n) is 7.62. The van der Waals surface area contributed by atoms with Crippen LogP contribution in [-0.4, -0.2) is 53.0 Å². The summed E-state index contributed by atoms with van der Waals surface area (Å²) >= 11 is 0. The number of hydrogen-bond donors (Lipinski definition) is 0. The Bertz CT molecular complexity index is 1660. The van der Waals surface area contributed by atoms with Crippen molar-refractivity contribution in [2.75, 3.05) is 6.54 Å². The molecule has 0 radical (unpaired) electrons. The zero-order valence-corrected chi connectivity index (χ0v) is 22.3. The quantitative estimate of drug-likeness (QED) is 0.375. The van der Waals surface area contributed by atoms with Gasteiger partial charge in [-0.05, 0) is 77.1 Å². The van der Waals surface area contributed by atoms with Crippen LogP contribution in [0.15, 0.2) is 35.5 Å². The molecule has 198 valence electrons. The second-order valence-electron chi connectivity index (χ2n) is 11.7. The number of hydrogen-bond acceptors (Lipinski definition) is 6. The van der Waals surface area contributed by atoms with Crippen LogP contribution in [0.5, 0.6) is 0 Å². The number of fused-ring (bicyclic) bond motifs is 2. The number of amides is 1. The molecule has 4 heterocycles.